The molecule has 0 fully saturated rings. The Bertz CT molecular complexity index is 917. The summed E-state index contributed by atoms with van der Waals surface area (Å²) in [6.07, 6.45) is -0.597. The molecule has 1 unspecified atom stereocenters. The number of nitrogens with one attached hydrogen (secondary N) is 1. The van der Waals surface area contributed by atoms with Crippen molar-refractivity contribution < 1.29 is 15.1 Å². The van der Waals surface area contributed by atoms with Crippen LogP contribution in [0.3, 0.4) is 0 Å². The van der Waals surface area contributed by atoms with Crippen molar-refractivity contribution in [3.05, 3.63) is 89.4 Å². The summed E-state index contributed by atoms with van der Waals surface area (Å²) in [5.41, 5.74) is 4.49. The Balaban J connectivity index is 1.66. The Morgan fingerprint density at radius 1 is 0.931 bits per heavy atom. The Labute approximate surface area is 179 Å². The van der Waals surface area contributed by atoms with Gasteiger partial charge < -0.3 is 5.11 Å². The first-order chi connectivity index (χ1) is 14.1. The molecule has 150 valence electrons. The molecule has 3 aromatic rings. The van der Waals surface area contributed by atoms with Crippen molar-refractivity contribution in [3.8, 4) is 11.1 Å². The number of hydroxylamine groups is 1. The van der Waals surface area contributed by atoms with Crippen molar-refractivity contribution >= 4 is 29.3 Å². The fourth-order valence-corrected chi connectivity index (χ4v) is 4.16. The molecule has 0 saturated carbocycles. The summed E-state index contributed by atoms with van der Waals surface area (Å²) in [7, 11) is 0. The van der Waals surface area contributed by atoms with E-state index < -0.39 is 17.9 Å². The second kappa shape index (κ2) is 10.5. The molecule has 0 saturated heterocycles. The van der Waals surface area contributed by atoms with Gasteiger partial charge in [-0.05, 0) is 47.4 Å². The Kier molecular flexibility index (Phi) is 7.72. The smallest absolute Gasteiger partial charge is 0.247 e. The lowest BCUT2D eigenvalue weighted by molar-refractivity contribution is -0.133. The summed E-state index contributed by atoms with van der Waals surface area (Å²) in [5.74, 6) is -0.572. The second-order valence-electron chi connectivity index (χ2n) is 6.68. The SMILES string of the molecule is O=C(NO)[C@@H](CSc1ccccc1)CC(O)c1ccc(-c2ccc(Cl)cc2)cc1. The molecule has 0 aliphatic carbocycles. The van der Waals surface area contributed by atoms with Crippen LogP contribution in [0.4, 0.5) is 0 Å². The number of carbonyl (C=O) groups is 1. The zero-order valence-electron chi connectivity index (χ0n) is 15.7. The molecule has 0 aromatic heterocycles. The summed E-state index contributed by atoms with van der Waals surface area (Å²) in [5, 5.41) is 20.4. The maximum atomic E-state index is 12.1. The highest BCUT2D eigenvalue weighted by Crippen LogP contribution is 2.29. The minimum absolute atomic E-state index is 0.215. The summed E-state index contributed by atoms with van der Waals surface area (Å²) in [6.45, 7) is 0. The number of thioether (sulfide) groups is 1. The first kappa shape index (κ1) is 21.4. The number of aliphatic hydroxyl groups is 1. The van der Waals surface area contributed by atoms with Gasteiger partial charge in [-0.2, -0.15) is 0 Å². The van der Waals surface area contributed by atoms with Crippen molar-refractivity contribution in [2.45, 2.75) is 17.4 Å². The Hall–Kier alpha value is -2.31. The third-order valence-electron chi connectivity index (χ3n) is 4.66. The van der Waals surface area contributed by atoms with Crippen LogP contribution in [-0.4, -0.2) is 22.0 Å². The van der Waals surface area contributed by atoms with E-state index in [9.17, 15) is 9.90 Å². The minimum atomic E-state index is -0.812. The predicted octanol–water partition coefficient (Wildman–Crippen LogP) is 5.34. The van der Waals surface area contributed by atoms with E-state index >= 15 is 0 Å². The van der Waals surface area contributed by atoms with E-state index in [-0.39, 0.29) is 6.42 Å². The van der Waals surface area contributed by atoms with Gasteiger partial charge in [0.1, 0.15) is 0 Å². The number of halogens is 1. The van der Waals surface area contributed by atoms with Gasteiger partial charge >= 0.3 is 0 Å². The van der Waals surface area contributed by atoms with Gasteiger partial charge in [0.05, 0.1) is 12.0 Å². The third kappa shape index (κ3) is 6.08. The van der Waals surface area contributed by atoms with Gasteiger partial charge in [0.2, 0.25) is 5.91 Å². The first-order valence-corrected chi connectivity index (χ1v) is 10.6. The lowest BCUT2D eigenvalue weighted by Gasteiger charge is -2.19. The van der Waals surface area contributed by atoms with Crippen molar-refractivity contribution in [2.75, 3.05) is 5.75 Å². The van der Waals surface area contributed by atoms with E-state index in [2.05, 4.69) is 0 Å². The first-order valence-electron chi connectivity index (χ1n) is 9.22. The molecule has 0 aliphatic heterocycles. The summed E-state index contributed by atoms with van der Waals surface area (Å²) in [6, 6.07) is 24.8. The summed E-state index contributed by atoms with van der Waals surface area (Å²) >= 11 is 7.45. The van der Waals surface area contributed by atoms with E-state index in [0.29, 0.717) is 10.8 Å². The van der Waals surface area contributed by atoms with Crippen LogP contribution in [-0.2, 0) is 4.79 Å². The molecule has 0 heterocycles. The molecule has 6 heteroatoms. The van der Waals surface area contributed by atoms with Crippen LogP contribution in [0, 0.1) is 5.92 Å². The van der Waals surface area contributed by atoms with Crippen LogP contribution in [0.15, 0.2) is 83.8 Å². The molecule has 3 N–H and O–H groups in total. The van der Waals surface area contributed by atoms with Crippen LogP contribution in [0.1, 0.15) is 18.1 Å². The molecular weight excluding hydrogens is 406 g/mol. The molecule has 2 atom stereocenters. The van der Waals surface area contributed by atoms with E-state index in [0.717, 1.165) is 21.6 Å². The van der Waals surface area contributed by atoms with Gasteiger partial charge in [-0.3, -0.25) is 10.0 Å². The Morgan fingerprint density at radius 2 is 1.52 bits per heavy atom. The number of aliphatic hydroxyl groups excluding tert-OH is 1. The second-order valence-corrected chi connectivity index (χ2v) is 8.21. The minimum Gasteiger partial charge on any atom is -0.388 e. The molecule has 3 rings (SSSR count). The lowest BCUT2D eigenvalue weighted by Crippen LogP contribution is -2.30. The molecule has 0 aliphatic rings. The average molecular weight is 428 g/mol. The standard InChI is InChI=1S/C23H22ClNO3S/c24-20-12-10-17(11-13-20)16-6-8-18(9-7-16)22(26)14-19(23(27)25-28)15-29-21-4-2-1-3-5-21/h1-13,19,22,26,28H,14-15H2,(H,25,27)/t19-,22?/m1/s1. The van der Waals surface area contributed by atoms with E-state index in [1.165, 1.54) is 11.8 Å². The van der Waals surface area contributed by atoms with Gasteiger partial charge in [-0.25, -0.2) is 5.48 Å². The number of carbonyl (C=O) groups excluding carboxylic acids is 1. The third-order valence-corrected chi connectivity index (χ3v) is 6.08. The molecule has 0 bridgehead atoms. The fraction of sp³-hybridized carbons (Fsp3) is 0.174. The van der Waals surface area contributed by atoms with Gasteiger partial charge in [0, 0.05) is 15.7 Å². The molecule has 29 heavy (non-hydrogen) atoms. The summed E-state index contributed by atoms with van der Waals surface area (Å²) < 4.78 is 0. The van der Waals surface area contributed by atoms with Gasteiger partial charge in [0.15, 0.2) is 0 Å². The monoisotopic (exact) mass is 427 g/mol. The van der Waals surface area contributed by atoms with E-state index in [4.69, 9.17) is 16.8 Å². The fourth-order valence-electron chi connectivity index (χ4n) is 3.00. The van der Waals surface area contributed by atoms with Crippen LogP contribution in [0.25, 0.3) is 11.1 Å². The molecule has 0 spiro atoms. The van der Waals surface area contributed by atoms with E-state index in [1.807, 2.05) is 78.9 Å². The number of amides is 1. The van der Waals surface area contributed by atoms with Crippen LogP contribution < -0.4 is 5.48 Å². The van der Waals surface area contributed by atoms with Gasteiger partial charge in [-0.1, -0.05) is 66.2 Å². The number of hydrogen-bond donors (Lipinski definition) is 3. The van der Waals surface area contributed by atoms with Crippen molar-refractivity contribution in [1.29, 1.82) is 0 Å². The Morgan fingerprint density at radius 3 is 2.10 bits per heavy atom. The quantitative estimate of drug-likeness (QED) is 0.257. The van der Waals surface area contributed by atoms with Crippen LogP contribution in [0.2, 0.25) is 5.02 Å². The zero-order chi connectivity index (χ0) is 20.6. The number of benzene rings is 3. The van der Waals surface area contributed by atoms with Crippen molar-refractivity contribution in [1.82, 2.24) is 5.48 Å². The molecular formula is C23H22ClNO3S. The topological polar surface area (TPSA) is 69.6 Å². The molecule has 0 radical (unpaired) electrons. The lowest BCUT2D eigenvalue weighted by atomic mass is 9.96. The predicted molar refractivity (Wildman–Crippen MR) is 117 cm³/mol. The highest BCUT2D eigenvalue weighted by Gasteiger charge is 2.23. The maximum absolute atomic E-state index is 12.1. The number of rotatable bonds is 8. The highest BCUT2D eigenvalue weighted by molar-refractivity contribution is 7.99. The molecule has 3 aromatic carbocycles. The highest BCUT2D eigenvalue weighted by atomic mass is 35.5. The average Bonchev–Trinajstić information content (AvgIpc) is 2.77. The van der Waals surface area contributed by atoms with Crippen molar-refractivity contribution in [2.24, 2.45) is 5.92 Å². The zero-order valence-corrected chi connectivity index (χ0v) is 17.2. The summed E-state index contributed by atoms with van der Waals surface area (Å²) in [4.78, 5) is 13.1. The van der Waals surface area contributed by atoms with Gasteiger partial charge in [-0.15, -0.1) is 11.8 Å². The van der Waals surface area contributed by atoms with Crippen LogP contribution >= 0.6 is 23.4 Å². The largest absolute Gasteiger partial charge is 0.388 e. The molecule has 4 nitrogen and oxygen atoms in total. The van der Waals surface area contributed by atoms with Crippen LogP contribution in [0.5, 0.6) is 0 Å². The number of hydrogen-bond acceptors (Lipinski definition) is 4. The normalized spacial score (nSPS) is 12.9. The van der Waals surface area contributed by atoms with E-state index in [1.54, 1.807) is 5.48 Å². The van der Waals surface area contributed by atoms with Gasteiger partial charge in [0.25, 0.3) is 0 Å². The maximum Gasteiger partial charge on any atom is 0.247 e. The van der Waals surface area contributed by atoms with Crippen molar-refractivity contribution in [3.63, 3.8) is 0 Å². The molecule has 1 amide bonds.